The van der Waals surface area contributed by atoms with E-state index >= 15 is 0 Å². The number of benzene rings is 1. The Bertz CT molecular complexity index is 490. The van der Waals surface area contributed by atoms with Gasteiger partial charge < -0.3 is 14.8 Å². The molecule has 1 N–H and O–H groups in total. The van der Waals surface area contributed by atoms with Gasteiger partial charge >= 0.3 is 0 Å². The molecule has 0 aliphatic heterocycles. The lowest BCUT2D eigenvalue weighted by molar-refractivity contribution is -0.142. The standard InChI is InChI=1S/C19H30BrNO3/c1-14(2)12-19(23-5,13-15(3)4)18(22)21-16-6-8-17(9-7-16)24-11-10-20/h6-9,14-15H,10-13H2,1-5H3,(H,21,22). The summed E-state index contributed by atoms with van der Waals surface area (Å²) in [4.78, 5) is 12.9. The van der Waals surface area contributed by atoms with Gasteiger partial charge in [-0.15, -0.1) is 0 Å². The predicted octanol–water partition coefficient (Wildman–Crippen LogP) is 4.88. The normalized spacial score (nSPS) is 11.8. The van der Waals surface area contributed by atoms with Crippen LogP contribution >= 0.6 is 15.9 Å². The summed E-state index contributed by atoms with van der Waals surface area (Å²) in [7, 11) is 1.63. The van der Waals surface area contributed by atoms with Crippen molar-refractivity contribution in [3.8, 4) is 5.75 Å². The molecule has 0 heterocycles. The third kappa shape index (κ3) is 6.44. The van der Waals surface area contributed by atoms with Crippen molar-refractivity contribution < 1.29 is 14.3 Å². The zero-order chi connectivity index (χ0) is 18.2. The van der Waals surface area contributed by atoms with Crippen LogP contribution in [0.5, 0.6) is 5.75 Å². The van der Waals surface area contributed by atoms with Gasteiger partial charge in [0.1, 0.15) is 11.4 Å². The molecular formula is C19H30BrNO3. The quantitative estimate of drug-likeness (QED) is 0.570. The number of carbonyl (C=O) groups excluding carboxylic acids is 1. The molecule has 4 nitrogen and oxygen atoms in total. The highest BCUT2D eigenvalue weighted by molar-refractivity contribution is 9.09. The fraction of sp³-hybridized carbons (Fsp3) is 0.632. The van der Waals surface area contributed by atoms with E-state index in [-0.39, 0.29) is 5.91 Å². The van der Waals surface area contributed by atoms with Crippen molar-refractivity contribution in [3.05, 3.63) is 24.3 Å². The van der Waals surface area contributed by atoms with Gasteiger partial charge in [0.2, 0.25) is 0 Å². The average Bonchev–Trinajstić information content (AvgIpc) is 2.52. The van der Waals surface area contributed by atoms with E-state index in [1.165, 1.54) is 0 Å². The zero-order valence-electron chi connectivity index (χ0n) is 15.4. The highest BCUT2D eigenvalue weighted by Crippen LogP contribution is 2.30. The fourth-order valence-corrected chi connectivity index (χ4v) is 3.04. The summed E-state index contributed by atoms with van der Waals surface area (Å²) in [5.74, 6) is 1.44. The molecule has 5 heteroatoms. The second-order valence-electron chi connectivity index (χ2n) is 6.91. The summed E-state index contributed by atoms with van der Waals surface area (Å²) in [6, 6.07) is 7.43. The molecule has 0 aromatic heterocycles. The van der Waals surface area contributed by atoms with E-state index in [1.807, 2.05) is 24.3 Å². The van der Waals surface area contributed by atoms with Crippen molar-refractivity contribution in [3.63, 3.8) is 0 Å². The Kier molecular flexibility index (Phi) is 8.78. The minimum atomic E-state index is -0.798. The number of halogens is 1. The molecule has 0 saturated carbocycles. The molecule has 0 aliphatic carbocycles. The number of nitrogens with one attached hydrogen (secondary N) is 1. The molecular weight excluding hydrogens is 370 g/mol. The van der Waals surface area contributed by atoms with E-state index < -0.39 is 5.60 Å². The third-order valence-corrected chi connectivity index (χ3v) is 4.06. The van der Waals surface area contributed by atoms with Crippen LogP contribution in [0.2, 0.25) is 0 Å². The van der Waals surface area contributed by atoms with Gasteiger partial charge in [0.25, 0.3) is 5.91 Å². The number of amides is 1. The molecule has 0 spiro atoms. The Balaban J connectivity index is 2.86. The number of rotatable bonds is 10. The van der Waals surface area contributed by atoms with Crippen molar-refractivity contribution in [2.24, 2.45) is 11.8 Å². The van der Waals surface area contributed by atoms with Crippen LogP contribution in [0.3, 0.4) is 0 Å². The van der Waals surface area contributed by atoms with E-state index in [9.17, 15) is 4.79 Å². The van der Waals surface area contributed by atoms with Gasteiger partial charge in [0.05, 0.1) is 6.61 Å². The topological polar surface area (TPSA) is 47.6 Å². The molecule has 1 amide bonds. The molecule has 1 rings (SSSR count). The monoisotopic (exact) mass is 399 g/mol. The Morgan fingerprint density at radius 2 is 1.67 bits per heavy atom. The van der Waals surface area contributed by atoms with Crippen LogP contribution in [0.4, 0.5) is 5.69 Å². The summed E-state index contributed by atoms with van der Waals surface area (Å²) in [6.45, 7) is 9.05. The maximum atomic E-state index is 12.9. The van der Waals surface area contributed by atoms with Gasteiger partial charge in [-0.05, 0) is 48.9 Å². The number of alkyl halides is 1. The van der Waals surface area contributed by atoms with Crippen LogP contribution in [0, 0.1) is 11.8 Å². The maximum Gasteiger partial charge on any atom is 0.256 e. The minimum Gasteiger partial charge on any atom is -0.493 e. The Morgan fingerprint density at radius 1 is 1.12 bits per heavy atom. The third-order valence-electron chi connectivity index (χ3n) is 3.74. The molecule has 0 unspecified atom stereocenters. The number of hydrogen-bond donors (Lipinski definition) is 1. The van der Waals surface area contributed by atoms with E-state index in [2.05, 4.69) is 48.9 Å². The average molecular weight is 400 g/mol. The molecule has 136 valence electrons. The Labute approximate surface area is 154 Å². The molecule has 0 atom stereocenters. The second-order valence-corrected chi connectivity index (χ2v) is 7.70. The summed E-state index contributed by atoms with van der Waals surface area (Å²) in [5, 5.41) is 3.78. The summed E-state index contributed by atoms with van der Waals surface area (Å²) < 4.78 is 11.3. The maximum absolute atomic E-state index is 12.9. The fourth-order valence-electron chi connectivity index (χ4n) is 2.88. The Hall–Kier alpha value is -1.07. The number of hydrogen-bond acceptors (Lipinski definition) is 3. The number of ether oxygens (including phenoxy) is 2. The molecule has 1 aromatic carbocycles. The van der Waals surface area contributed by atoms with Gasteiger partial charge in [-0.25, -0.2) is 0 Å². The van der Waals surface area contributed by atoms with Crippen molar-refractivity contribution in [1.82, 2.24) is 0 Å². The van der Waals surface area contributed by atoms with Crippen LogP contribution in [0.25, 0.3) is 0 Å². The lowest BCUT2D eigenvalue weighted by Crippen LogP contribution is -2.46. The van der Waals surface area contributed by atoms with E-state index in [1.54, 1.807) is 7.11 Å². The largest absolute Gasteiger partial charge is 0.493 e. The molecule has 24 heavy (non-hydrogen) atoms. The summed E-state index contributed by atoms with van der Waals surface area (Å²) >= 11 is 3.33. The number of carbonyl (C=O) groups is 1. The van der Waals surface area contributed by atoms with Crippen molar-refractivity contribution in [2.45, 2.75) is 46.1 Å². The SMILES string of the molecule is COC(CC(C)C)(CC(C)C)C(=O)Nc1ccc(OCCBr)cc1. The summed E-state index contributed by atoms with van der Waals surface area (Å²) in [6.07, 6.45) is 1.39. The molecule has 0 radical (unpaired) electrons. The van der Waals surface area contributed by atoms with Crippen LogP contribution < -0.4 is 10.1 Å². The van der Waals surface area contributed by atoms with Gasteiger partial charge in [-0.2, -0.15) is 0 Å². The van der Waals surface area contributed by atoms with E-state index in [0.29, 0.717) is 31.3 Å². The predicted molar refractivity (Wildman–Crippen MR) is 103 cm³/mol. The smallest absolute Gasteiger partial charge is 0.256 e. The first-order valence-electron chi connectivity index (χ1n) is 8.48. The number of anilines is 1. The second kappa shape index (κ2) is 10.0. The minimum absolute atomic E-state index is 0.0819. The van der Waals surface area contributed by atoms with Gasteiger partial charge in [-0.3, -0.25) is 4.79 Å². The molecule has 0 bridgehead atoms. The Morgan fingerprint density at radius 3 is 2.08 bits per heavy atom. The van der Waals surface area contributed by atoms with Crippen LogP contribution in [0.1, 0.15) is 40.5 Å². The van der Waals surface area contributed by atoms with Crippen LogP contribution in [0.15, 0.2) is 24.3 Å². The van der Waals surface area contributed by atoms with Gasteiger partial charge in [0.15, 0.2) is 0 Å². The van der Waals surface area contributed by atoms with Crippen LogP contribution in [-0.4, -0.2) is 30.6 Å². The van der Waals surface area contributed by atoms with Crippen molar-refractivity contribution in [2.75, 3.05) is 24.4 Å². The first kappa shape index (κ1) is 21.0. The lowest BCUT2D eigenvalue weighted by Gasteiger charge is -2.34. The molecule has 0 saturated heterocycles. The molecule has 0 aliphatic rings. The van der Waals surface area contributed by atoms with Gasteiger partial charge in [0, 0.05) is 18.1 Å². The van der Waals surface area contributed by atoms with Crippen LogP contribution in [-0.2, 0) is 9.53 Å². The zero-order valence-corrected chi connectivity index (χ0v) is 17.0. The number of methoxy groups -OCH3 is 1. The molecule has 0 fully saturated rings. The van der Waals surface area contributed by atoms with E-state index in [0.717, 1.165) is 16.8 Å². The highest BCUT2D eigenvalue weighted by atomic mass is 79.9. The lowest BCUT2D eigenvalue weighted by atomic mass is 9.84. The molecule has 1 aromatic rings. The van der Waals surface area contributed by atoms with E-state index in [4.69, 9.17) is 9.47 Å². The first-order valence-corrected chi connectivity index (χ1v) is 9.60. The highest BCUT2D eigenvalue weighted by Gasteiger charge is 2.39. The van der Waals surface area contributed by atoms with Gasteiger partial charge in [-0.1, -0.05) is 43.6 Å². The first-order chi connectivity index (χ1) is 11.3. The van der Waals surface area contributed by atoms with Crippen molar-refractivity contribution in [1.29, 1.82) is 0 Å². The van der Waals surface area contributed by atoms with Crippen molar-refractivity contribution >= 4 is 27.5 Å². The summed E-state index contributed by atoms with van der Waals surface area (Å²) in [5.41, 5.74) is -0.0480.